The van der Waals surface area contributed by atoms with Crippen molar-refractivity contribution < 1.29 is 19.8 Å². The standard InChI is InChI=1S/C13H10O2.C6H10O2.C2H6/c14-13(15)12-8-6-11(7-9-12)10-4-2-1-3-5-10;7-4-5-2-1-3-6(5)8;1-2/h1-9H,(H,14,15);5,7H,1-4H2;1-2H3. The number of carbonyl (C=O) groups is 2. The first-order valence-corrected chi connectivity index (χ1v) is 8.64. The lowest BCUT2D eigenvalue weighted by Gasteiger charge is -2.01. The van der Waals surface area contributed by atoms with Crippen molar-refractivity contribution >= 4 is 11.8 Å². The van der Waals surface area contributed by atoms with Gasteiger partial charge in [-0.1, -0.05) is 56.3 Å². The minimum atomic E-state index is -0.894. The topological polar surface area (TPSA) is 74.6 Å². The molecular weight excluding hydrogens is 316 g/mol. The van der Waals surface area contributed by atoms with Gasteiger partial charge in [-0.3, -0.25) is 4.79 Å². The van der Waals surface area contributed by atoms with Crippen LogP contribution in [0, 0.1) is 5.92 Å². The number of carbonyl (C=O) groups excluding carboxylic acids is 1. The molecule has 25 heavy (non-hydrogen) atoms. The smallest absolute Gasteiger partial charge is 0.335 e. The van der Waals surface area contributed by atoms with Crippen molar-refractivity contribution in [1.29, 1.82) is 0 Å². The summed E-state index contributed by atoms with van der Waals surface area (Å²) in [7, 11) is 0. The SMILES string of the molecule is CC.O=C(O)c1ccc(-c2ccccc2)cc1.O=C1CCCC1CO. The summed E-state index contributed by atoms with van der Waals surface area (Å²) in [5, 5.41) is 17.3. The molecule has 1 unspecified atom stereocenters. The van der Waals surface area contributed by atoms with Gasteiger partial charge in [-0.2, -0.15) is 0 Å². The zero-order valence-electron chi connectivity index (χ0n) is 14.8. The number of carboxylic acid groups (broad SMARTS) is 1. The van der Waals surface area contributed by atoms with E-state index < -0.39 is 5.97 Å². The van der Waals surface area contributed by atoms with E-state index in [0.717, 1.165) is 24.0 Å². The number of aliphatic hydroxyl groups excluding tert-OH is 1. The number of aromatic carboxylic acids is 1. The molecule has 0 spiro atoms. The summed E-state index contributed by atoms with van der Waals surface area (Å²) in [6.07, 6.45) is 2.56. The quantitative estimate of drug-likeness (QED) is 0.865. The first-order valence-electron chi connectivity index (χ1n) is 8.64. The largest absolute Gasteiger partial charge is 0.478 e. The van der Waals surface area contributed by atoms with Crippen LogP contribution < -0.4 is 0 Å². The fourth-order valence-corrected chi connectivity index (χ4v) is 2.52. The lowest BCUT2D eigenvalue weighted by atomic mass is 10.0. The van der Waals surface area contributed by atoms with Crippen LogP contribution in [0.25, 0.3) is 11.1 Å². The molecule has 3 rings (SSSR count). The minimum absolute atomic E-state index is 0.0185. The highest BCUT2D eigenvalue weighted by Gasteiger charge is 2.22. The number of benzene rings is 2. The number of rotatable bonds is 3. The number of ketones is 1. The summed E-state index contributed by atoms with van der Waals surface area (Å²) in [5.74, 6) is -0.669. The summed E-state index contributed by atoms with van der Waals surface area (Å²) in [6, 6.07) is 16.7. The molecule has 4 nitrogen and oxygen atoms in total. The van der Waals surface area contributed by atoms with E-state index in [1.54, 1.807) is 12.1 Å². The van der Waals surface area contributed by atoms with Crippen molar-refractivity contribution in [3.8, 4) is 11.1 Å². The fourth-order valence-electron chi connectivity index (χ4n) is 2.52. The molecule has 0 saturated heterocycles. The summed E-state index contributed by atoms with van der Waals surface area (Å²) >= 11 is 0. The molecule has 1 saturated carbocycles. The molecule has 4 heteroatoms. The number of hydrogen-bond donors (Lipinski definition) is 2. The predicted molar refractivity (Wildman–Crippen MR) is 99.6 cm³/mol. The zero-order chi connectivity index (χ0) is 18.7. The second-order valence-corrected chi connectivity index (χ2v) is 5.49. The lowest BCUT2D eigenvalue weighted by molar-refractivity contribution is -0.121. The number of Topliss-reactive ketones (excluding diaryl/α,β-unsaturated/α-hetero) is 1. The van der Waals surface area contributed by atoms with E-state index in [9.17, 15) is 9.59 Å². The summed E-state index contributed by atoms with van der Waals surface area (Å²) in [4.78, 5) is 21.3. The number of hydrogen-bond acceptors (Lipinski definition) is 3. The molecule has 1 atom stereocenters. The molecule has 0 heterocycles. The third-order valence-corrected chi connectivity index (χ3v) is 3.89. The Morgan fingerprint density at radius 2 is 1.56 bits per heavy atom. The molecule has 134 valence electrons. The Morgan fingerprint density at radius 1 is 1.00 bits per heavy atom. The van der Waals surface area contributed by atoms with Crippen LogP contribution in [0.3, 0.4) is 0 Å². The Balaban J connectivity index is 0.000000264. The van der Waals surface area contributed by atoms with E-state index in [1.165, 1.54) is 0 Å². The van der Waals surface area contributed by atoms with Crippen molar-refractivity contribution in [3.63, 3.8) is 0 Å². The predicted octanol–water partition coefficient (Wildman–Crippen LogP) is 4.43. The molecule has 0 aromatic heterocycles. The fraction of sp³-hybridized carbons (Fsp3) is 0.333. The molecule has 0 radical (unpaired) electrons. The first-order chi connectivity index (χ1) is 12.1. The molecule has 1 aliphatic carbocycles. The zero-order valence-corrected chi connectivity index (χ0v) is 14.8. The van der Waals surface area contributed by atoms with E-state index in [4.69, 9.17) is 10.2 Å². The van der Waals surface area contributed by atoms with E-state index in [-0.39, 0.29) is 18.3 Å². The molecule has 1 aliphatic rings. The van der Waals surface area contributed by atoms with Gasteiger partial charge >= 0.3 is 5.97 Å². The van der Waals surface area contributed by atoms with Crippen molar-refractivity contribution in [2.24, 2.45) is 5.92 Å². The third-order valence-electron chi connectivity index (χ3n) is 3.89. The van der Waals surface area contributed by atoms with Crippen molar-refractivity contribution in [3.05, 3.63) is 60.2 Å². The third kappa shape index (κ3) is 6.51. The van der Waals surface area contributed by atoms with Crippen LogP contribution in [-0.2, 0) is 4.79 Å². The second kappa shape index (κ2) is 11.2. The van der Waals surface area contributed by atoms with Crippen LogP contribution in [0.4, 0.5) is 0 Å². The second-order valence-electron chi connectivity index (χ2n) is 5.49. The normalized spacial score (nSPS) is 15.5. The monoisotopic (exact) mass is 342 g/mol. The number of carboxylic acids is 1. The van der Waals surface area contributed by atoms with Gasteiger partial charge in [-0.05, 0) is 36.1 Å². The first kappa shape index (κ1) is 20.6. The molecule has 0 bridgehead atoms. The van der Waals surface area contributed by atoms with Gasteiger partial charge < -0.3 is 10.2 Å². The average molecular weight is 342 g/mol. The van der Waals surface area contributed by atoms with Crippen molar-refractivity contribution in [2.45, 2.75) is 33.1 Å². The van der Waals surface area contributed by atoms with E-state index >= 15 is 0 Å². The average Bonchev–Trinajstić information content (AvgIpc) is 3.10. The number of aliphatic hydroxyl groups is 1. The van der Waals surface area contributed by atoms with Gasteiger partial charge in [0.2, 0.25) is 0 Å². The molecule has 1 fully saturated rings. The van der Waals surface area contributed by atoms with E-state index in [0.29, 0.717) is 12.0 Å². The van der Waals surface area contributed by atoms with Crippen molar-refractivity contribution in [1.82, 2.24) is 0 Å². The van der Waals surface area contributed by atoms with Crippen LogP contribution in [0.15, 0.2) is 54.6 Å². The highest BCUT2D eigenvalue weighted by Crippen LogP contribution is 2.20. The maximum Gasteiger partial charge on any atom is 0.335 e. The van der Waals surface area contributed by atoms with Crippen LogP contribution in [-0.4, -0.2) is 28.6 Å². The van der Waals surface area contributed by atoms with Gasteiger partial charge in [0.05, 0.1) is 12.2 Å². The van der Waals surface area contributed by atoms with Crippen LogP contribution >= 0.6 is 0 Å². The summed E-state index contributed by atoms with van der Waals surface area (Å²) < 4.78 is 0. The Hall–Kier alpha value is -2.46. The Labute approximate surface area is 149 Å². The van der Waals surface area contributed by atoms with Gasteiger partial charge in [0.1, 0.15) is 5.78 Å². The Kier molecular flexibility index (Phi) is 9.19. The van der Waals surface area contributed by atoms with E-state index in [1.807, 2.05) is 56.3 Å². The molecule has 2 N–H and O–H groups in total. The summed E-state index contributed by atoms with van der Waals surface area (Å²) in [6.45, 7) is 4.05. The minimum Gasteiger partial charge on any atom is -0.478 e. The molecular formula is C21H26O4. The van der Waals surface area contributed by atoms with Gasteiger partial charge in [0.15, 0.2) is 0 Å². The molecule has 2 aromatic carbocycles. The maximum atomic E-state index is 10.6. The summed E-state index contributed by atoms with van der Waals surface area (Å²) in [5.41, 5.74) is 2.43. The van der Waals surface area contributed by atoms with Crippen LogP contribution in [0.5, 0.6) is 0 Å². The molecule has 2 aromatic rings. The maximum absolute atomic E-state index is 10.6. The van der Waals surface area contributed by atoms with Gasteiger partial charge in [0.25, 0.3) is 0 Å². The Morgan fingerprint density at radius 3 is 1.96 bits per heavy atom. The highest BCUT2D eigenvalue weighted by atomic mass is 16.4. The lowest BCUT2D eigenvalue weighted by Crippen LogP contribution is -2.09. The molecule has 0 amide bonds. The van der Waals surface area contributed by atoms with Gasteiger partial charge in [-0.25, -0.2) is 4.79 Å². The van der Waals surface area contributed by atoms with Gasteiger partial charge in [-0.15, -0.1) is 0 Å². The van der Waals surface area contributed by atoms with Crippen LogP contribution in [0.1, 0.15) is 43.5 Å². The molecule has 0 aliphatic heterocycles. The highest BCUT2D eigenvalue weighted by molar-refractivity contribution is 5.88. The van der Waals surface area contributed by atoms with Crippen molar-refractivity contribution in [2.75, 3.05) is 6.61 Å². The van der Waals surface area contributed by atoms with Crippen LogP contribution in [0.2, 0.25) is 0 Å². The van der Waals surface area contributed by atoms with E-state index in [2.05, 4.69) is 0 Å². The Bertz CT molecular complexity index is 647. The van der Waals surface area contributed by atoms with Gasteiger partial charge in [0, 0.05) is 12.3 Å².